The number of benzene rings is 1. The van der Waals surface area contributed by atoms with Gasteiger partial charge in [0.1, 0.15) is 17.3 Å². The lowest BCUT2D eigenvalue weighted by atomic mass is 10.1. The van der Waals surface area contributed by atoms with Gasteiger partial charge in [-0.25, -0.2) is 0 Å². The van der Waals surface area contributed by atoms with Crippen molar-refractivity contribution >= 4 is 11.6 Å². The summed E-state index contributed by atoms with van der Waals surface area (Å²) < 4.78 is 10.7. The first-order valence-electron chi connectivity index (χ1n) is 4.87. The van der Waals surface area contributed by atoms with Crippen molar-refractivity contribution in [1.82, 2.24) is 0 Å². The molecule has 2 N–H and O–H groups in total. The zero-order valence-electron chi connectivity index (χ0n) is 8.87. The number of methoxy groups -OCH3 is 1. The van der Waals surface area contributed by atoms with Crippen LogP contribution in [0.2, 0.25) is 5.02 Å². The molecule has 1 aromatic heterocycles. The SMILES string of the molecule is COc1ccc(Cl)c(-c2ccc(CN)o2)c1. The van der Waals surface area contributed by atoms with E-state index in [0.29, 0.717) is 17.3 Å². The predicted molar refractivity (Wildman–Crippen MR) is 63.6 cm³/mol. The minimum Gasteiger partial charge on any atom is -0.497 e. The first-order chi connectivity index (χ1) is 7.74. The van der Waals surface area contributed by atoms with Crippen molar-refractivity contribution < 1.29 is 9.15 Å². The highest BCUT2D eigenvalue weighted by molar-refractivity contribution is 6.33. The third-order valence-electron chi connectivity index (χ3n) is 2.30. The zero-order valence-corrected chi connectivity index (χ0v) is 9.62. The average molecular weight is 238 g/mol. The second kappa shape index (κ2) is 4.60. The van der Waals surface area contributed by atoms with Crippen molar-refractivity contribution in [1.29, 1.82) is 0 Å². The number of furan rings is 1. The van der Waals surface area contributed by atoms with Crippen LogP contribution in [-0.4, -0.2) is 7.11 Å². The second-order valence-electron chi connectivity index (χ2n) is 3.32. The molecule has 16 heavy (non-hydrogen) atoms. The largest absolute Gasteiger partial charge is 0.497 e. The molecule has 0 aliphatic carbocycles. The number of halogens is 1. The van der Waals surface area contributed by atoms with Crippen molar-refractivity contribution in [3.63, 3.8) is 0 Å². The Balaban J connectivity index is 2.45. The Morgan fingerprint density at radius 1 is 1.31 bits per heavy atom. The van der Waals surface area contributed by atoms with E-state index >= 15 is 0 Å². The van der Waals surface area contributed by atoms with Crippen LogP contribution in [0.5, 0.6) is 5.75 Å². The van der Waals surface area contributed by atoms with E-state index in [9.17, 15) is 0 Å². The molecule has 0 atom stereocenters. The number of hydrogen-bond acceptors (Lipinski definition) is 3. The van der Waals surface area contributed by atoms with Gasteiger partial charge < -0.3 is 14.9 Å². The van der Waals surface area contributed by atoms with Gasteiger partial charge in [-0.15, -0.1) is 0 Å². The third-order valence-corrected chi connectivity index (χ3v) is 2.63. The molecule has 0 bridgehead atoms. The fourth-order valence-electron chi connectivity index (χ4n) is 1.45. The highest BCUT2D eigenvalue weighted by Crippen LogP contribution is 2.32. The van der Waals surface area contributed by atoms with E-state index in [0.717, 1.165) is 17.1 Å². The molecule has 0 saturated carbocycles. The van der Waals surface area contributed by atoms with Crippen LogP contribution >= 0.6 is 11.6 Å². The van der Waals surface area contributed by atoms with Crippen LogP contribution in [-0.2, 0) is 6.54 Å². The molecule has 4 heteroatoms. The van der Waals surface area contributed by atoms with Crippen LogP contribution in [0.4, 0.5) is 0 Å². The van der Waals surface area contributed by atoms with Gasteiger partial charge in [0.05, 0.1) is 18.7 Å². The molecule has 2 rings (SSSR count). The molecule has 84 valence electrons. The van der Waals surface area contributed by atoms with Gasteiger partial charge in [0.25, 0.3) is 0 Å². The third kappa shape index (κ3) is 2.05. The Labute approximate surface area is 98.8 Å². The zero-order chi connectivity index (χ0) is 11.5. The van der Waals surface area contributed by atoms with Crippen molar-refractivity contribution in [2.75, 3.05) is 7.11 Å². The quantitative estimate of drug-likeness (QED) is 0.893. The van der Waals surface area contributed by atoms with Crippen molar-refractivity contribution in [2.24, 2.45) is 5.73 Å². The van der Waals surface area contributed by atoms with E-state index < -0.39 is 0 Å². The van der Waals surface area contributed by atoms with Gasteiger partial charge >= 0.3 is 0 Å². The van der Waals surface area contributed by atoms with E-state index in [2.05, 4.69) is 0 Å². The summed E-state index contributed by atoms with van der Waals surface area (Å²) in [6.07, 6.45) is 0. The van der Waals surface area contributed by atoms with E-state index in [-0.39, 0.29) is 0 Å². The van der Waals surface area contributed by atoms with Crippen molar-refractivity contribution in [3.8, 4) is 17.1 Å². The van der Waals surface area contributed by atoms with Gasteiger partial charge in [-0.2, -0.15) is 0 Å². The first kappa shape index (κ1) is 11.0. The molecule has 0 radical (unpaired) electrons. The van der Waals surface area contributed by atoms with Crippen molar-refractivity contribution in [3.05, 3.63) is 41.1 Å². The van der Waals surface area contributed by atoms with Gasteiger partial charge in [-0.3, -0.25) is 0 Å². The van der Waals surface area contributed by atoms with Gasteiger partial charge in [-0.05, 0) is 30.3 Å². The number of nitrogens with two attached hydrogens (primary N) is 1. The maximum absolute atomic E-state index is 6.09. The van der Waals surface area contributed by atoms with Gasteiger partial charge in [0.15, 0.2) is 0 Å². The van der Waals surface area contributed by atoms with Crippen LogP contribution < -0.4 is 10.5 Å². The van der Waals surface area contributed by atoms with Crippen LogP contribution in [0.15, 0.2) is 34.7 Å². The molecule has 0 spiro atoms. The Bertz CT molecular complexity index is 494. The summed E-state index contributed by atoms with van der Waals surface area (Å²) in [5, 5.41) is 0.624. The Kier molecular flexibility index (Phi) is 3.17. The highest BCUT2D eigenvalue weighted by Gasteiger charge is 2.09. The molecule has 0 saturated heterocycles. The first-order valence-corrected chi connectivity index (χ1v) is 5.25. The minimum absolute atomic E-state index is 0.377. The highest BCUT2D eigenvalue weighted by atomic mass is 35.5. The van der Waals surface area contributed by atoms with Crippen LogP contribution in [0, 0.1) is 0 Å². The van der Waals surface area contributed by atoms with E-state index in [1.165, 1.54) is 0 Å². The fourth-order valence-corrected chi connectivity index (χ4v) is 1.66. The topological polar surface area (TPSA) is 48.4 Å². The predicted octanol–water partition coefficient (Wildman–Crippen LogP) is 3.07. The summed E-state index contributed by atoms with van der Waals surface area (Å²) >= 11 is 6.09. The summed E-state index contributed by atoms with van der Waals surface area (Å²) in [7, 11) is 1.61. The summed E-state index contributed by atoms with van der Waals surface area (Å²) in [5.74, 6) is 2.17. The molecule has 0 fully saturated rings. The maximum atomic E-state index is 6.09. The number of rotatable bonds is 3. The van der Waals surface area contributed by atoms with Crippen LogP contribution in [0.3, 0.4) is 0 Å². The molecule has 0 unspecified atom stereocenters. The number of hydrogen-bond donors (Lipinski definition) is 1. The van der Waals surface area contributed by atoms with Gasteiger partial charge in [0, 0.05) is 5.56 Å². The summed E-state index contributed by atoms with van der Waals surface area (Å²) in [6, 6.07) is 9.11. The summed E-state index contributed by atoms with van der Waals surface area (Å²) in [4.78, 5) is 0. The van der Waals surface area contributed by atoms with Gasteiger partial charge in [-0.1, -0.05) is 11.6 Å². The monoisotopic (exact) mass is 237 g/mol. The Hall–Kier alpha value is -1.45. The molecule has 1 aromatic carbocycles. The lowest BCUT2D eigenvalue weighted by Crippen LogP contribution is -1.92. The molecule has 3 nitrogen and oxygen atoms in total. The molecule has 0 amide bonds. The summed E-state index contributed by atoms with van der Waals surface area (Å²) in [5.41, 5.74) is 6.29. The fraction of sp³-hybridized carbons (Fsp3) is 0.167. The maximum Gasteiger partial charge on any atom is 0.135 e. The molecular weight excluding hydrogens is 226 g/mol. The van der Waals surface area contributed by atoms with Crippen LogP contribution in [0.25, 0.3) is 11.3 Å². The molecule has 2 aromatic rings. The van der Waals surface area contributed by atoms with E-state index in [1.807, 2.05) is 18.2 Å². The molecule has 0 aliphatic rings. The smallest absolute Gasteiger partial charge is 0.135 e. The Morgan fingerprint density at radius 3 is 2.75 bits per heavy atom. The van der Waals surface area contributed by atoms with Gasteiger partial charge in [0.2, 0.25) is 0 Å². The lowest BCUT2D eigenvalue weighted by Gasteiger charge is -2.04. The number of ether oxygens (including phenoxy) is 1. The van der Waals surface area contributed by atoms with Crippen LogP contribution in [0.1, 0.15) is 5.76 Å². The standard InChI is InChI=1S/C12H12ClNO2/c1-15-8-2-4-11(13)10(6-8)12-5-3-9(7-14)16-12/h2-6H,7,14H2,1H3. The molecule has 1 heterocycles. The Morgan fingerprint density at radius 2 is 2.12 bits per heavy atom. The minimum atomic E-state index is 0.377. The normalized spacial score (nSPS) is 10.4. The average Bonchev–Trinajstić information content (AvgIpc) is 2.78. The second-order valence-corrected chi connectivity index (χ2v) is 3.72. The molecular formula is C12H12ClNO2. The summed E-state index contributed by atoms with van der Waals surface area (Å²) in [6.45, 7) is 0.377. The van der Waals surface area contributed by atoms with E-state index in [4.69, 9.17) is 26.5 Å². The van der Waals surface area contributed by atoms with Crippen molar-refractivity contribution in [2.45, 2.75) is 6.54 Å². The van der Waals surface area contributed by atoms with E-state index in [1.54, 1.807) is 19.2 Å². The lowest BCUT2D eigenvalue weighted by molar-refractivity contribution is 0.414. The molecule has 0 aliphatic heterocycles.